The first-order valence-corrected chi connectivity index (χ1v) is 8.26. The van der Waals surface area contributed by atoms with Gasteiger partial charge in [-0.25, -0.2) is 9.78 Å². The van der Waals surface area contributed by atoms with Crippen molar-refractivity contribution in [1.29, 1.82) is 0 Å². The number of nitrogens with two attached hydrogens (primary N) is 2. The van der Waals surface area contributed by atoms with E-state index in [1.165, 1.54) is 12.5 Å². The van der Waals surface area contributed by atoms with Crippen molar-refractivity contribution in [3.63, 3.8) is 0 Å². The lowest BCUT2D eigenvalue weighted by Crippen LogP contribution is -2.56. The fourth-order valence-corrected chi connectivity index (χ4v) is 2.20. The zero-order valence-electron chi connectivity index (χ0n) is 14.4. The first-order chi connectivity index (χ1) is 12.4. The van der Waals surface area contributed by atoms with Crippen LogP contribution in [0.1, 0.15) is 25.0 Å². The zero-order valence-corrected chi connectivity index (χ0v) is 14.4. The van der Waals surface area contributed by atoms with Gasteiger partial charge in [-0.2, -0.15) is 0 Å². The molecule has 0 fully saturated rings. The lowest BCUT2D eigenvalue weighted by atomic mass is 10.1. The van der Waals surface area contributed by atoms with Crippen LogP contribution in [0.25, 0.3) is 0 Å². The second kappa shape index (κ2) is 11.2. The molecule has 11 heteroatoms. The van der Waals surface area contributed by atoms with Crippen molar-refractivity contribution >= 4 is 17.8 Å². The number of aliphatic carboxylic acids is 1. The van der Waals surface area contributed by atoms with Crippen molar-refractivity contribution in [3.8, 4) is 0 Å². The van der Waals surface area contributed by atoms with E-state index in [0.29, 0.717) is 25.1 Å². The van der Waals surface area contributed by atoms with Crippen molar-refractivity contribution in [2.45, 2.75) is 43.8 Å². The number of imidazole rings is 1. The van der Waals surface area contributed by atoms with E-state index in [2.05, 4.69) is 20.6 Å². The Morgan fingerprint density at radius 2 is 1.88 bits per heavy atom. The molecule has 0 aliphatic rings. The number of amides is 2. The average Bonchev–Trinajstić information content (AvgIpc) is 3.11. The third-order valence-corrected chi connectivity index (χ3v) is 3.72. The van der Waals surface area contributed by atoms with Gasteiger partial charge in [-0.1, -0.05) is 6.42 Å². The van der Waals surface area contributed by atoms with Gasteiger partial charge in [0.1, 0.15) is 12.1 Å². The number of aromatic nitrogens is 2. The minimum atomic E-state index is -1.30. The van der Waals surface area contributed by atoms with Gasteiger partial charge < -0.3 is 37.3 Å². The molecule has 1 heterocycles. The molecule has 26 heavy (non-hydrogen) atoms. The van der Waals surface area contributed by atoms with Crippen LogP contribution in [0.4, 0.5) is 0 Å². The third kappa shape index (κ3) is 7.17. The maximum Gasteiger partial charge on any atom is 0.326 e. The molecule has 2 amide bonds. The summed E-state index contributed by atoms with van der Waals surface area (Å²) in [5.41, 5.74) is 11.6. The van der Waals surface area contributed by atoms with Gasteiger partial charge in [0.05, 0.1) is 19.0 Å². The minimum absolute atomic E-state index is 0.0221. The highest BCUT2D eigenvalue weighted by Gasteiger charge is 2.27. The lowest BCUT2D eigenvalue weighted by Gasteiger charge is -2.21. The van der Waals surface area contributed by atoms with Crippen LogP contribution in [0, 0.1) is 0 Å². The van der Waals surface area contributed by atoms with Gasteiger partial charge in [0.15, 0.2) is 0 Å². The molecule has 11 nitrogen and oxygen atoms in total. The standard InChI is InChI=1S/C15H26N6O5/c16-4-2-1-3-10(17)13(23)21-12(7-22)14(24)20-11(15(25)26)5-9-6-18-8-19-9/h6,8,10-12,22H,1-5,7,16-17H2,(H,18,19)(H,20,24)(H,21,23)(H,25,26)/t10-,11-,12-/m0/s1. The van der Waals surface area contributed by atoms with Crippen LogP contribution < -0.4 is 22.1 Å². The van der Waals surface area contributed by atoms with Gasteiger partial charge in [0, 0.05) is 18.3 Å². The fraction of sp³-hybridized carbons (Fsp3) is 0.600. The number of carboxylic acids is 1. The Kier molecular flexibility index (Phi) is 9.26. The molecule has 3 atom stereocenters. The number of hydrogen-bond acceptors (Lipinski definition) is 7. The number of carboxylic acid groups (broad SMARTS) is 1. The number of nitrogens with zero attached hydrogens (tertiary/aromatic N) is 1. The molecule has 0 saturated carbocycles. The van der Waals surface area contributed by atoms with E-state index in [9.17, 15) is 24.6 Å². The van der Waals surface area contributed by atoms with Gasteiger partial charge >= 0.3 is 5.97 Å². The van der Waals surface area contributed by atoms with E-state index in [-0.39, 0.29) is 6.42 Å². The molecular formula is C15H26N6O5. The van der Waals surface area contributed by atoms with Crippen LogP contribution in [0.15, 0.2) is 12.5 Å². The molecule has 0 aromatic carbocycles. The Labute approximate surface area is 150 Å². The van der Waals surface area contributed by atoms with E-state index in [4.69, 9.17) is 11.5 Å². The molecule has 9 N–H and O–H groups in total. The van der Waals surface area contributed by atoms with E-state index in [0.717, 1.165) is 6.42 Å². The first kappa shape index (κ1) is 21.5. The van der Waals surface area contributed by atoms with E-state index < -0.39 is 42.5 Å². The molecule has 0 aliphatic heterocycles. The fourth-order valence-electron chi connectivity index (χ4n) is 2.20. The van der Waals surface area contributed by atoms with Crippen molar-refractivity contribution in [1.82, 2.24) is 20.6 Å². The molecule has 0 aliphatic carbocycles. The summed E-state index contributed by atoms with van der Waals surface area (Å²) in [7, 11) is 0. The van der Waals surface area contributed by atoms with Gasteiger partial charge in [0.25, 0.3) is 0 Å². The van der Waals surface area contributed by atoms with E-state index in [1.807, 2.05) is 0 Å². The number of rotatable bonds is 12. The number of hydrogen-bond donors (Lipinski definition) is 7. The highest BCUT2D eigenvalue weighted by Crippen LogP contribution is 2.01. The maximum atomic E-state index is 12.2. The van der Waals surface area contributed by atoms with Crippen LogP contribution >= 0.6 is 0 Å². The van der Waals surface area contributed by atoms with Crippen molar-refractivity contribution < 1.29 is 24.6 Å². The largest absolute Gasteiger partial charge is 0.480 e. The summed E-state index contributed by atoms with van der Waals surface area (Å²) in [6.45, 7) is -0.202. The Balaban J connectivity index is 2.59. The number of carbonyl (C=O) groups is 3. The van der Waals surface area contributed by atoms with Crippen LogP contribution in [-0.2, 0) is 20.8 Å². The van der Waals surface area contributed by atoms with Gasteiger partial charge in [0.2, 0.25) is 11.8 Å². The highest BCUT2D eigenvalue weighted by atomic mass is 16.4. The Morgan fingerprint density at radius 1 is 1.19 bits per heavy atom. The van der Waals surface area contributed by atoms with E-state index >= 15 is 0 Å². The van der Waals surface area contributed by atoms with Gasteiger partial charge in [-0.15, -0.1) is 0 Å². The summed E-state index contributed by atoms with van der Waals surface area (Å²) < 4.78 is 0. The number of H-pyrrole nitrogens is 1. The Morgan fingerprint density at radius 3 is 2.42 bits per heavy atom. The predicted octanol–water partition coefficient (Wildman–Crippen LogP) is -2.54. The summed E-state index contributed by atoms with van der Waals surface area (Å²) in [5, 5.41) is 23.2. The summed E-state index contributed by atoms with van der Waals surface area (Å²) >= 11 is 0. The third-order valence-electron chi connectivity index (χ3n) is 3.72. The summed E-state index contributed by atoms with van der Waals surface area (Å²) in [5.74, 6) is -2.67. The SMILES string of the molecule is NCCCC[C@H](N)C(=O)N[C@@H](CO)C(=O)N[C@@H](Cc1cnc[nH]1)C(=O)O. The molecule has 0 saturated heterocycles. The van der Waals surface area contributed by atoms with Gasteiger partial charge in [-0.05, 0) is 19.4 Å². The average molecular weight is 370 g/mol. The quantitative estimate of drug-likeness (QED) is 0.195. The lowest BCUT2D eigenvalue weighted by molar-refractivity contribution is -0.142. The molecule has 1 aromatic heterocycles. The molecule has 146 valence electrons. The second-order valence-corrected chi connectivity index (χ2v) is 5.82. The van der Waals surface area contributed by atoms with Crippen LogP contribution in [0.5, 0.6) is 0 Å². The predicted molar refractivity (Wildman–Crippen MR) is 91.8 cm³/mol. The summed E-state index contributed by atoms with van der Waals surface area (Å²) in [6.07, 6.45) is 4.57. The maximum absolute atomic E-state index is 12.2. The highest BCUT2D eigenvalue weighted by molar-refractivity contribution is 5.91. The number of aliphatic hydroxyl groups excluding tert-OH is 1. The summed E-state index contributed by atoms with van der Waals surface area (Å²) in [6, 6.07) is -3.39. The molecule has 1 aromatic rings. The monoisotopic (exact) mass is 370 g/mol. The topological polar surface area (TPSA) is 196 Å². The smallest absolute Gasteiger partial charge is 0.326 e. The Bertz CT molecular complexity index is 579. The molecule has 1 rings (SSSR count). The number of aromatic amines is 1. The number of aliphatic hydroxyl groups is 1. The summed E-state index contributed by atoms with van der Waals surface area (Å²) in [4.78, 5) is 42.0. The Hall–Kier alpha value is -2.50. The molecule has 0 unspecified atom stereocenters. The molecule has 0 bridgehead atoms. The molecule has 0 radical (unpaired) electrons. The van der Waals surface area contributed by atoms with Crippen molar-refractivity contribution in [3.05, 3.63) is 18.2 Å². The second-order valence-electron chi connectivity index (χ2n) is 5.82. The van der Waals surface area contributed by atoms with Crippen molar-refractivity contribution in [2.75, 3.05) is 13.2 Å². The number of nitrogens with one attached hydrogen (secondary N) is 3. The first-order valence-electron chi connectivity index (χ1n) is 8.26. The van der Waals surface area contributed by atoms with Crippen LogP contribution in [0.2, 0.25) is 0 Å². The van der Waals surface area contributed by atoms with Crippen LogP contribution in [-0.4, -0.2) is 69.2 Å². The zero-order chi connectivity index (χ0) is 19.5. The normalized spacial score (nSPS) is 14.3. The van der Waals surface area contributed by atoms with Gasteiger partial charge in [-0.3, -0.25) is 9.59 Å². The number of unbranched alkanes of at least 4 members (excludes halogenated alkanes) is 1. The minimum Gasteiger partial charge on any atom is -0.480 e. The molecule has 0 spiro atoms. The van der Waals surface area contributed by atoms with E-state index in [1.54, 1.807) is 0 Å². The van der Waals surface area contributed by atoms with Crippen molar-refractivity contribution in [2.24, 2.45) is 11.5 Å². The van der Waals surface area contributed by atoms with Crippen LogP contribution in [0.3, 0.4) is 0 Å². The number of carbonyl (C=O) groups excluding carboxylic acids is 2. The molecular weight excluding hydrogens is 344 g/mol.